The second kappa shape index (κ2) is 7.36. The van der Waals surface area contributed by atoms with Crippen LogP contribution in [0.2, 0.25) is 5.15 Å². The number of benzene rings is 1. The first kappa shape index (κ1) is 19.2. The maximum atomic E-state index is 12.4. The molecule has 9 heteroatoms. The molecule has 1 aliphatic rings. The molecule has 0 bridgehead atoms. The topological polar surface area (TPSA) is 71.5 Å². The molecule has 1 aromatic carbocycles. The zero-order chi connectivity index (χ0) is 19.9. The van der Waals surface area contributed by atoms with Crippen LogP contribution in [0, 0.1) is 0 Å². The summed E-state index contributed by atoms with van der Waals surface area (Å²) < 4.78 is 31.5. The van der Waals surface area contributed by atoms with E-state index in [1.165, 1.54) is 15.8 Å². The van der Waals surface area contributed by atoms with Crippen molar-refractivity contribution in [3.63, 3.8) is 0 Å². The Morgan fingerprint density at radius 1 is 1.32 bits per heavy atom. The fourth-order valence-electron chi connectivity index (χ4n) is 3.13. The minimum absolute atomic E-state index is 0.255. The zero-order valence-electron chi connectivity index (χ0n) is 15.2. The van der Waals surface area contributed by atoms with E-state index in [0.29, 0.717) is 23.4 Å². The number of sulfonamides is 1. The summed E-state index contributed by atoms with van der Waals surface area (Å²) in [5.41, 5.74) is 5.03. The Balaban J connectivity index is 1.81. The minimum atomic E-state index is -3.54. The summed E-state index contributed by atoms with van der Waals surface area (Å²) in [6.07, 6.45) is 3.02. The van der Waals surface area contributed by atoms with Crippen molar-refractivity contribution in [2.24, 2.45) is 0 Å². The maximum Gasteiger partial charge on any atom is 0.228 e. The maximum absolute atomic E-state index is 12.4. The highest BCUT2D eigenvalue weighted by molar-refractivity contribution is 7.88. The molecule has 3 heterocycles. The number of ether oxygens (including phenoxy) is 1. The van der Waals surface area contributed by atoms with Gasteiger partial charge in [0.1, 0.15) is 10.9 Å². The van der Waals surface area contributed by atoms with Gasteiger partial charge >= 0.3 is 0 Å². The smallest absolute Gasteiger partial charge is 0.228 e. The Morgan fingerprint density at radius 2 is 2.14 bits per heavy atom. The second-order valence-corrected chi connectivity index (χ2v) is 9.49. The van der Waals surface area contributed by atoms with Crippen molar-refractivity contribution in [1.82, 2.24) is 14.8 Å². The summed E-state index contributed by atoms with van der Waals surface area (Å²) in [6, 6.07) is 10.7. The predicted octanol–water partition coefficient (Wildman–Crippen LogP) is 4.21. The molecule has 4 rings (SSSR count). The fourth-order valence-corrected chi connectivity index (χ4v) is 4.94. The molecule has 3 aromatic rings. The van der Waals surface area contributed by atoms with Crippen LogP contribution in [0.15, 0.2) is 47.9 Å². The van der Waals surface area contributed by atoms with Gasteiger partial charge in [-0.3, -0.25) is 0 Å². The lowest BCUT2D eigenvalue weighted by Crippen LogP contribution is -2.38. The Morgan fingerprint density at radius 3 is 2.82 bits per heavy atom. The van der Waals surface area contributed by atoms with Gasteiger partial charge < -0.3 is 10.2 Å². The van der Waals surface area contributed by atoms with Gasteiger partial charge in [0.2, 0.25) is 10.0 Å². The molecule has 0 amide bonds. The number of nitrogens with zero attached hydrogens (tertiary/aromatic N) is 2. The summed E-state index contributed by atoms with van der Waals surface area (Å²) in [5, 5.41) is 3.05. The highest BCUT2D eigenvalue weighted by Gasteiger charge is 2.35. The number of fused-ring (bicyclic) bond motifs is 1. The Kier molecular flexibility index (Phi) is 5.05. The lowest BCUT2D eigenvalue weighted by atomic mass is 10.1. The highest BCUT2D eigenvalue weighted by Crippen LogP contribution is 2.38. The quantitative estimate of drug-likeness (QED) is 0.608. The van der Waals surface area contributed by atoms with Gasteiger partial charge in [-0.25, -0.2) is 13.4 Å². The molecule has 1 aliphatic heterocycles. The van der Waals surface area contributed by atoms with Crippen LogP contribution < -0.4 is 10.2 Å². The van der Waals surface area contributed by atoms with E-state index in [1.807, 2.05) is 54.8 Å². The first-order chi connectivity index (χ1) is 13.4. The number of nitrogens with one attached hydrogen (secondary N) is 1. The van der Waals surface area contributed by atoms with Crippen molar-refractivity contribution in [2.45, 2.75) is 13.0 Å². The molecule has 1 N–H and O–H groups in total. The van der Waals surface area contributed by atoms with Crippen LogP contribution in [0.1, 0.15) is 23.4 Å². The number of thiophene rings is 1. The second-order valence-electron chi connectivity index (χ2n) is 6.33. The molecule has 0 radical (unpaired) electrons. The number of pyridine rings is 1. The van der Waals surface area contributed by atoms with Crippen LogP contribution >= 0.6 is 22.9 Å². The van der Waals surface area contributed by atoms with Crippen molar-refractivity contribution >= 4 is 49.6 Å². The molecule has 0 saturated heterocycles. The van der Waals surface area contributed by atoms with Gasteiger partial charge in [0.15, 0.2) is 0 Å². The normalized spacial score (nSPS) is 17.5. The Bertz CT molecular complexity index is 1160. The number of rotatable bonds is 5. The molecule has 6 nitrogen and oxygen atoms in total. The molecule has 0 spiro atoms. The van der Waals surface area contributed by atoms with E-state index in [2.05, 4.69) is 10.4 Å². The van der Waals surface area contributed by atoms with Crippen molar-refractivity contribution in [3.05, 3.63) is 63.4 Å². The number of aromatic nitrogens is 1. The van der Waals surface area contributed by atoms with Gasteiger partial charge in [-0.2, -0.15) is 0 Å². The van der Waals surface area contributed by atoms with E-state index in [9.17, 15) is 8.42 Å². The molecule has 28 heavy (non-hydrogen) atoms. The van der Waals surface area contributed by atoms with Crippen LogP contribution in [0.5, 0.6) is 5.75 Å². The lowest BCUT2D eigenvalue weighted by Gasteiger charge is -2.23. The standard InChI is InChI=1S/C19H18ClN3O3S2/c1-3-26-13-7-6-12-9-14(19(20)21-15(12)10-13)17-11-16(18-5-4-8-27-18)22-23(17)28(2,24)25/h4-11,17,22H,3H2,1-2H3/t17-/m1/s1. The van der Waals surface area contributed by atoms with E-state index in [1.54, 1.807) is 0 Å². The first-order valence-electron chi connectivity index (χ1n) is 8.61. The van der Waals surface area contributed by atoms with Gasteiger partial charge in [-0.15, -0.1) is 15.8 Å². The molecule has 0 aliphatic carbocycles. The SMILES string of the molecule is CCOc1ccc2cc([C@H]3C=C(c4cccs4)NN3S(C)(=O)=O)c(Cl)nc2c1. The molecular formula is C19H18ClN3O3S2. The lowest BCUT2D eigenvalue weighted by molar-refractivity contribution is 0.340. The summed E-state index contributed by atoms with van der Waals surface area (Å²) >= 11 is 8.00. The number of hydrogen-bond donors (Lipinski definition) is 1. The average Bonchev–Trinajstić information content (AvgIpc) is 3.30. The summed E-state index contributed by atoms with van der Waals surface area (Å²) in [7, 11) is -3.54. The largest absolute Gasteiger partial charge is 0.494 e. The monoisotopic (exact) mass is 435 g/mol. The summed E-state index contributed by atoms with van der Waals surface area (Å²) in [5.74, 6) is 0.714. The van der Waals surface area contributed by atoms with E-state index < -0.39 is 16.1 Å². The van der Waals surface area contributed by atoms with Crippen molar-refractivity contribution in [2.75, 3.05) is 12.9 Å². The van der Waals surface area contributed by atoms with Crippen LogP contribution in [0.25, 0.3) is 16.6 Å². The number of hydrazine groups is 1. The van der Waals surface area contributed by atoms with Gasteiger partial charge in [-0.05, 0) is 42.6 Å². The third-order valence-electron chi connectivity index (χ3n) is 4.35. The minimum Gasteiger partial charge on any atom is -0.494 e. The predicted molar refractivity (Wildman–Crippen MR) is 113 cm³/mol. The fraction of sp³-hybridized carbons (Fsp3) is 0.211. The molecule has 0 fully saturated rings. The van der Waals surface area contributed by atoms with E-state index in [4.69, 9.17) is 16.3 Å². The molecule has 0 saturated carbocycles. The number of halogens is 1. The first-order valence-corrected chi connectivity index (χ1v) is 11.7. The van der Waals surface area contributed by atoms with Crippen molar-refractivity contribution < 1.29 is 13.2 Å². The van der Waals surface area contributed by atoms with E-state index in [-0.39, 0.29) is 5.15 Å². The molecule has 0 unspecified atom stereocenters. The average molecular weight is 436 g/mol. The van der Waals surface area contributed by atoms with Gasteiger partial charge in [0.05, 0.1) is 35.0 Å². The van der Waals surface area contributed by atoms with E-state index >= 15 is 0 Å². The van der Waals surface area contributed by atoms with Crippen molar-refractivity contribution in [1.29, 1.82) is 0 Å². The molecule has 1 atom stereocenters. The number of hydrogen-bond acceptors (Lipinski definition) is 6. The summed E-state index contributed by atoms with van der Waals surface area (Å²) in [6.45, 7) is 2.47. The highest BCUT2D eigenvalue weighted by atomic mass is 35.5. The zero-order valence-corrected chi connectivity index (χ0v) is 17.6. The molecule has 2 aromatic heterocycles. The Hall–Kier alpha value is -2.13. The molecular weight excluding hydrogens is 418 g/mol. The van der Waals surface area contributed by atoms with Crippen LogP contribution in [-0.4, -0.2) is 30.7 Å². The summed E-state index contributed by atoms with van der Waals surface area (Å²) in [4.78, 5) is 5.42. The van der Waals surface area contributed by atoms with Gasteiger partial charge in [0, 0.05) is 17.0 Å². The van der Waals surface area contributed by atoms with Crippen LogP contribution in [-0.2, 0) is 10.0 Å². The van der Waals surface area contributed by atoms with Crippen LogP contribution in [0.3, 0.4) is 0 Å². The Labute approximate surface area is 172 Å². The van der Waals surface area contributed by atoms with Gasteiger partial charge in [0.25, 0.3) is 0 Å². The van der Waals surface area contributed by atoms with E-state index in [0.717, 1.165) is 22.2 Å². The van der Waals surface area contributed by atoms with Gasteiger partial charge in [-0.1, -0.05) is 17.7 Å². The molecule has 146 valence electrons. The third kappa shape index (κ3) is 3.60. The van der Waals surface area contributed by atoms with Crippen molar-refractivity contribution in [3.8, 4) is 5.75 Å². The third-order valence-corrected chi connectivity index (χ3v) is 6.59. The van der Waals surface area contributed by atoms with Crippen LogP contribution in [0.4, 0.5) is 0 Å².